The van der Waals surface area contributed by atoms with Gasteiger partial charge in [-0.25, -0.2) is 8.42 Å². The van der Waals surface area contributed by atoms with Crippen molar-refractivity contribution in [3.8, 4) is 0 Å². The summed E-state index contributed by atoms with van der Waals surface area (Å²) < 4.78 is 22.8. The molecule has 2 aliphatic heterocycles. The van der Waals surface area contributed by atoms with Crippen LogP contribution < -0.4 is 16.0 Å². The molecule has 9 heteroatoms. The second-order valence-corrected chi connectivity index (χ2v) is 9.41. The lowest BCUT2D eigenvalue weighted by molar-refractivity contribution is -0.121. The van der Waals surface area contributed by atoms with E-state index in [4.69, 9.17) is 0 Å². The van der Waals surface area contributed by atoms with Gasteiger partial charge in [0.05, 0.1) is 11.5 Å². The first kappa shape index (κ1) is 21.0. The highest BCUT2D eigenvalue weighted by molar-refractivity contribution is 7.91. The monoisotopic (exact) mass is 387 g/mol. The molecule has 2 aliphatic rings. The van der Waals surface area contributed by atoms with Gasteiger partial charge in [0, 0.05) is 45.2 Å². The molecule has 0 spiro atoms. The minimum absolute atomic E-state index is 0.0616. The fraction of sp³-hybridized carbons (Fsp3) is 0.882. The van der Waals surface area contributed by atoms with E-state index in [1.807, 2.05) is 0 Å². The normalized spacial score (nSPS) is 24.4. The van der Waals surface area contributed by atoms with Crippen LogP contribution in [-0.4, -0.2) is 82.0 Å². The topological polar surface area (TPSA) is 103 Å². The summed E-state index contributed by atoms with van der Waals surface area (Å²) in [5.74, 6) is 0.828. The third-order valence-electron chi connectivity index (χ3n) is 4.93. The standard InChI is InChI=1S/C17H33N5O3S/c1-3-9-22-10-5-14(6-11-22)21-17(18-2)19-8-4-16(23)20-15-7-12-26(24,25)13-15/h14-15H,3-13H2,1-2H3,(H,20,23)(H2,18,19,21). The van der Waals surface area contributed by atoms with Gasteiger partial charge in [0.15, 0.2) is 15.8 Å². The van der Waals surface area contributed by atoms with E-state index >= 15 is 0 Å². The second kappa shape index (κ2) is 10.1. The zero-order valence-electron chi connectivity index (χ0n) is 16.0. The van der Waals surface area contributed by atoms with Crippen molar-refractivity contribution in [2.45, 2.75) is 51.1 Å². The fourth-order valence-corrected chi connectivity index (χ4v) is 5.18. The van der Waals surface area contributed by atoms with Crippen molar-refractivity contribution in [2.75, 3.05) is 44.7 Å². The number of carbonyl (C=O) groups is 1. The highest BCUT2D eigenvalue weighted by Crippen LogP contribution is 2.11. The molecule has 0 saturated carbocycles. The number of hydrogen-bond donors (Lipinski definition) is 3. The van der Waals surface area contributed by atoms with Gasteiger partial charge < -0.3 is 20.9 Å². The number of nitrogens with one attached hydrogen (secondary N) is 3. The molecule has 150 valence electrons. The molecular weight excluding hydrogens is 354 g/mol. The van der Waals surface area contributed by atoms with Crippen LogP contribution in [0.4, 0.5) is 0 Å². The number of piperidine rings is 1. The third-order valence-corrected chi connectivity index (χ3v) is 6.70. The molecule has 1 unspecified atom stereocenters. The van der Waals surface area contributed by atoms with E-state index in [1.165, 1.54) is 6.42 Å². The number of aliphatic imine (C=N–C) groups is 1. The number of hydrogen-bond acceptors (Lipinski definition) is 5. The molecule has 0 bridgehead atoms. The van der Waals surface area contributed by atoms with Crippen molar-refractivity contribution < 1.29 is 13.2 Å². The molecule has 2 fully saturated rings. The van der Waals surface area contributed by atoms with Crippen LogP contribution >= 0.6 is 0 Å². The molecule has 0 radical (unpaired) electrons. The number of carbonyl (C=O) groups excluding carboxylic acids is 1. The first-order chi connectivity index (χ1) is 12.4. The third kappa shape index (κ3) is 7.11. The summed E-state index contributed by atoms with van der Waals surface area (Å²) in [6.45, 7) is 6.05. The molecule has 2 heterocycles. The minimum atomic E-state index is -2.97. The summed E-state index contributed by atoms with van der Waals surface area (Å²) >= 11 is 0. The summed E-state index contributed by atoms with van der Waals surface area (Å²) in [7, 11) is -1.24. The van der Waals surface area contributed by atoms with Crippen LogP contribution in [0, 0.1) is 0 Å². The van der Waals surface area contributed by atoms with Gasteiger partial charge in [0.25, 0.3) is 0 Å². The number of likely N-dealkylation sites (tertiary alicyclic amines) is 1. The maximum absolute atomic E-state index is 12.0. The maximum atomic E-state index is 12.0. The van der Waals surface area contributed by atoms with Crippen LogP contribution in [0.25, 0.3) is 0 Å². The Morgan fingerprint density at radius 1 is 1.15 bits per heavy atom. The fourth-order valence-electron chi connectivity index (χ4n) is 3.51. The Morgan fingerprint density at radius 2 is 1.88 bits per heavy atom. The summed E-state index contributed by atoms with van der Waals surface area (Å²) in [5, 5.41) is 9.40. The van der Waals surface area contributed by atoms with Gasteiger partial charge in [0.1, 0.15) is 0 Å². The highest BCUT2D eigenvalue weighted by Gasteiger charge is 2.28. The van der Waals surface area contributed by atoms with E-state index in [9.17, 15) is 13.2 Å². The van der Waals surface area contributed by atoms with E-state index in [1.54, 1.807) is 7.05 Å². The van der Waals surface area contributed by atoms with Crippen molar-refractivity contribution in [3.05, 3.63) is 0 Å². The lowest BCUT2D eigenvalue weighted by atomic mass is 10.1. The number of nitrogens with zero attached hydrogens (tertiary/aromatic N) is 2. The predicted molar refractivity (Wildman–Crippen MR) is 104 cm³/mol. The van der Waals surface area contributed by atoms with E-state index in [2.05, 4.69) is 32.8 Å². The molecule has 1 atom stereocenters. The Labute approximate surface area is 157 Å². The van der Waals surface area contributed by atoms with Crippen LogP contribution in [0.15, 0.2) is 4.99 Å². The number of sulfone groups is 1. The summed E-state index contributed by atoms with van der Waals surface area (Å²) in [6.07, 6.45) is 4.19. The zero-order valence-corrected chi connectivity index (χ0v) is 16.8. The van der Waals surface area contributed by atoms with Gasteiger partial charge in [-0.3, -0.25) is 9.79 Å². The highest BCUT2D eigenvalue weighted by atomic mass is 32.2. The molecule has 2 saturated heterocycles. The molecule has 0 aromatic carbocycles. The van der Waals surface area contributed by atoms with Gasteiger partial charge in [-0.05, 0) is 32.2 Å². The Kier molecular flexibility index (Phi) is 8.15. The van der Waals surface area contributed by atoms with Gasteiger partial charge in [-0.15, -0.1) is 0 Å². The number of rotatable bonds is 7. The quantitative estimate of drug-likeness (QED) is 0.410. The Hall–Kier alpha value is -1.35. The van der Waals surface area contributed by atoms with E-state index < -0.39 is 9.84 Å². The average Bonchev–Trinajstić information content (AvgIpc) is 2.94. The summed E-state index contributed by atoms with van der Waals surface area (Å²) in [5.41, 5.74) is 0. The maximum Gasteiger partial charge on any atom is 0.222 e. The Balaban J connectivity index is 1.62. The Morgan fingerprint density at radius 3 is 2.46 bits per heavy atom. The van der Waals surface area contributed by atoms with Crippen molar-refractivity contribution >= 4 is 21.7 Å². The summed E-state index contributed by atoms with van der Waals surface area (Å²) in [6, 6.07) is 0.171. The van der Waals surface area contributed by atoms with Crippen molar-refractivity contribution in [1.82, 2.24) is 20.9 Å². The van der Waals surface area contributed by atoms with Gasteiger partial charge >= 0.3 is 0 Å². The van der Waals surface area contributed by atoms with Crippen LogP contribution in [0.2, 0.25) is 0 Å². The number of amides is 1. The largest absolute Gasteiger partial charge is 0.356 e. The number of guanidine groups is 1. The molecular formula is C17H33N5O3S. The van der Waals surface area contributed by atoms with Crippen molar-refractivity contribution in [3.63, 3.8) is 0 Å². The SMILES string of the molecule is CCCN1CCC(NC(=NC)NCCC(=O)NC2CCS(=O)(=O)C2)CC1. The average molecular weight is 388 g/mol. The van der Waals surface area contributed by atoms with Crippen LogP contribution in [0.5, 0.6) is 0 Å². The lowest BCUT2D eigenvalue weighted by Crippen LogP contribution is -2.49. The van der Waals surface area contributed by atoms with Crippen molar-refractivity contribution in [2.24, 2.45) is 4.99 Å². The smallest absolute Gasteiger partial charge is 0.222 e. The molecule has 26 heavy (non-hydrogen) atoms. The molecule has 3 N–H and O–H groups in total. The molecule has 0 aliphatic carbocycles. The van der Waals surface area contributed by atoms with Gasteiger partial charge in [-0.1, -0.05) is 6.92 Å². The first-order valence-corrected chi connectivity index (χ1v) is 11.4. The van der Waals surface area contributed by atoms with Crippen molar-refractivity contribution in [1.29, 1.82) is 0 Å². The zero-order chi connectivity index (χ0) is 19.0. The van der Waals surface area contributed by atoms with E-state index in [0.717, 1.165) is 38.4 Å². The molecule has 1 amide bonds. The summed E-state index contributed by atoms with van der Waals surface area (Å²) in [4.78, 5) is 18.7. The van der Waals surface area contributed by atoms with Crippen LogP contribution in [0.1, 0.15) is 39.0 Å². The molecule has 8 nitrogen and oxygen atoms in total. The predicted octanol–water partition coefficient (Wildman–Crippen LogP) is -0.281. The first-order valence-electron chi connectivity index (χ1n) is 9.61. The van der Waals surface area contributed by atoms with Crippen LogP contribution in [-0.2, 0) is 14.6 Å². The molecule has 2 rings (SSSR count). The van der Waals surface area contributed by atoms with Crippen LogP contribution in [0.3, 0.4) is 0 Å². The van der Waals surface area contributed by atoms with E-state index in [-0.39, 0.29) is 23.5 Å². The van der Waals surface area contributed by atoms with Gasteiger partial charge in [0.2, 0.25) is 5.91 Å². The second-order valence-electron chi connectivity index (χ2n) is 7.18. The van der Waals surface area contributed by atoms with Gasteiger partial charge in [-0.2, -0.15) is 0 Å². The Bertz CT molecular complexity index is 585. The minimum Gasteiger partial charge on any atom is -0.356 e. The molecule has 0 aromatic heterocycles. The lowest BCUT2D eigenvalue weighted by Gasteiger charge is -2.32. The van der Waals surface area contributed by atoms with E-state index in [0.29, 0.717) is 25.4 Å². The molecule has 0 aromatic rings.